The van der Waals surface area contributed by atoms with E-state index in [0.717, 1.165) is 83.5 Å². The zero-order chi connectivity index (χ0) is 43.7. The number of hydrogen-bond donors (Lipinski definition) is 0. The van der Waals surface area contributed by atoms with E-state index in [2.05, 4.69) is 57.2 Å². The Bertz CT molecular complexity index is 1020. The van der Waals surface area contributed by atoms with Gasteiger partial charge in [0.1, 0.15) is 13.2 Å². The monoisotopic (exact) mass is 843 g/mol. The Morgan fingerprint density at radius 3 is 1.00 bits per heavy atom. The summed E-state index contributed by atoms with van der Waals surface area (Å²) in [5.74, 6) is -0.886. The molecule has 0 rings (SSSR count). The molecule has 1 atom stereocenters. The molecule has 6 nitrogen and oxygen atoms in total. The summed E-state index contributed by atoms with van der Waals surface area (Å²) >= 11 is 0. The molecule has 0 aromatic carbocycles. The molecule has 0 amide bonds. The first-order valence-corrected chi connectivity index (χ1v) is 26.0. The fourth-order valence-electron chi connectivity index (χ4n) is 7.56. The molecule has 0 N–H and O–H groups in total. The van der Waals surface area contributed by atoms with Gasteiger partial charge >= 0.3 is 17.9 Å². The van der Waals surface area contributed by atoms with Gasteiger partial charge in [0.25, 0.3) is 0 Å². The number of allylic oxidation sites excluding steroid dienone is 6. The van der Waals surface area contributed by atoms with Crippen LogP contribution in [0.25, 0.3) is 0 Å². The van der Waals surface area contributed by atoms with Crippen LogP contribution in [-0.2, 0) is 28.6 Å². The third-order valence-electron chi connectivity index (χ3n) is 11.5. The van der Waals surface area contributed by atoms with E-state index in [4.69, 9.17) is 14.2 Å². The SMILES string of the molecule is CC\C=C/C=C\C=C/CCCCCCCC(=O)OC(COC(=O)CCCCCCCCCCCCC)COC(=O)CCCCCCCCCCCCCCCCCCCC. The molecule has 0 bridgehead atoms. The Labute approximate surface area is 372 Å². The highest BCUT2D eigenvalue weighted by atomic mass is 16.6. The molecule has 0 radical (unpaired) electrons. The van der Waals surface area contributed by atoms with Crippen molar-refractivity contribution in [2.45, 2.75) is 277 Å². The van der Waals surface area contributed by atoms with Crippen molar-refractivity contribution < 1.29 is 28.6 Å². The Kier molecular flexibility index (Phi) is 47.3. The van der Waals surface area contributed by atoms with Crippen molar-refractivity contribution in [3.8, 4) is 0 Å². The van der Waals surface area contributed by atoms with Crippen LogP contribution in [0.4, 0.5) is 0 Å². The van der Waals surface area contributed by atoms with Crippen molar-refractivity contribution in [3.05, 3.63) is 36.5 Å². The molecule has 0 aliphatic rings. The van der Waals surface area contributed by atoms with E-state index in [1.807, 2.05) is 0 Å². The van der Waals surface area contributed by atoms with Crippen molar-refractivity contribution in [3.63, 3.8) is 0 Å². The third kappa shape index (κ3) is 46.7. The van der Waals surface area contributed by atoms with E-state index in [9.17, 15) is 14.4 Å². The van der Waals surface area contributed by atoms with Crippen molar-refractivity contribution in [2.24, 2.45) is 0 Å². The van der Waals surface area contributed by atoms with Gasteiger partial charge in [-0.1, -0.05) is 250 Å². The zero-order valence-corrected chi connectivity index (χ0v) is 40.0. The van der Waals surface area contributed by atoms with Crippen molar-refractivity contribution >= 4 is 17.9 Å². The summed E-state index contributed by atoms with van der Waals surface area (Å²) in [6.07, 6.45) is 57.0. The van der Waals surface area contributed by atoms with Gasteiger partial charge < -0.3 is 14.2 Å². The smallest absolute Gasteiger partial charge is 0.306 e. The lowest BCUT2D eigenvalue weighted by molar-refractivity contribution is -0.167. The van der Waals surface area contributed by atoms with E-state index >= 15 is 0 Å². The number of unbranched alkanes of at least 4 members (excludes halogenated alkanes) is 32. The van der Waals surface area contributed by atoms with Gasteiger partial charge in [-0.25, -0.2) is 0 Å². The fourth-order valence-corrected chi connectivity index (χ4v) is 7.56. The van der Waals surface area contributed by atoms with Crippen LogP contribution in [0.3, 0.4) is 0 Å². The standard InChI is InChI=1S/C54H98O6/c1-4-7-10-13-16-19-22-24-25-26-27-28-30-32-35-38-41-44-47-53(56)59-50-51(49-58-52(55)46-43-40-37-34-31-21-18-15-12-9-6-3)60-54(57)48-45-42-39-36-33-29-23-20-17-14-11-8-5-2/h8,11,14,17,20,23,51H,4-7,9-10,12-13,15-16,18-19,21-22,24-50H2,1-3H3/b11-8-,17-14-,23-20-. The molecule has 60 heavy (non-hydrogen) atoms. The molecule has 0 heterocycles. The Balaban J connectivity index is 4.31. The maximum absolute atomic E-state index is 12.8. The number of carbonyl (C=O) groups is 3. The van der Waals surface area contributed by atoms with Crippen LogP contribution in [0.1, 0.15) is 271 Å². The number of hydrogen-bond acceptors (Lipinski definition) is 6. The molecule has 0 fully saturated rings. The molecule has 1 unspecified atom stereocenters. The molecule has 350 valence electrons. The first-order valence-electron chi connectivity index (χ1n) is 26.0. The van der Waals surface area contributed by atoms with Crippen LogP contribution in [0.5, 0.6) is 0 Å². The third-order valence-corrected chi connectivity index (χ3v) is 11.5. The predicted octanol–water partition coefficient (Wildman–Crippen LogP) is 16.9. The van der Waals surface area contributed by atoms with Crippen molar-refractivity contribution in [2.75, 3.05) is 13.2 Å². The van der Waals surface area contributed by atoms with Gasteiger partial charge in [0, 0.05) is 19.3 Å². The number of carbonyl (C=O) groups excluding carboxylic acids is 3. The van der Waals surface area contributed by atoms with Gasteiger partial charge in [-0.05, 0) is 38.5 Å². The number of ether oxygens (including phenoxy) is 3. The minimum Gasteiger partial charge on any atom is -0.462 e. The zero-order valence-electron chi connectivity index (χ0n) is 40.0. The van der Waals surface area contributed by atoms with Gasteiger partial charge in [-0.3, -0.25) is 14.4 Å². The summed E-state index contributed by atoms with van der Waals surface area (Å²) in [6.45, 7) is 6.51. The maximum atomic E-state index is 12.8. The normalized spacial score (nSPS) is 12.2. The molecule has 0 aromatic rings. The van der Waals surface area contributed by atoms with Gasteiger partial charge in [-0.2, -0.15) is 0 Å². The second kappa shape index (κ2) is 49.3. The van der Waals surface area contributed by atoms with Crippen LogP contribution in [0.15, 0.2) is 36.5 Å². The fraction of sp³-hybridized carbons (Fsp3) is 0.833. The highest BCUT2D eigenvalue weighted by Gasteiger charge is 2.19. The Hall–Kier alpha value is -2.37. The highest BCUT2D eigenvalue weighted by Crippen LogP contribution is 2.16. The first kappa shape index (κ1) is 57.6. The lowest BCUT2D eigenvalue weighted by Crippen LogP contribution is -2.30. The first-order chi connectivity index (χ1) is 29.5. The Morgan fingerprint density at radius 1 is 0.350 bits per heavy atom. The lowest BCUT2D eigenvalue weighted by Gasteiger charge is -2.18. The van der Waals surface area contributed by atoms with Crippen LogP contribution in [0.2, 0.25) is 0 Å². The molecule has 0 aromatic heterocycles. The van der Waals surface area contributed by atoms with E-state index in [1.54, 1.807) is 0 Å². The van der Waals surface area contributed by atoms with Gasteiger partial charge in [-0.15, -0.1) is 0 Å². The lowest BCUT2D eigenvalue weighted by atomic mass is 10.0. The molecule has 0 aliphatic carbocycles. The minimum atomic E-state index is -0.777. The molecule has 6 heteroatoms. The summed E-state index contributed by atoms with van der Waals surface area (Å²) in [6, 6.07) is 0. The van der Waals surface area contributed by atoms with Crippen LogP contribution in [-0.4, -0.2) is 37.2 Å². The quantitative estimate of drug-likeness (QED) is 0.0263. The summed E-state index contributed by atoms with van der Waals surface area (Å²) in [5.41, 5.74) is 0. The number of esters is 3. The molecular formula is C54H98O6. The number of rotatable bonds is 47. The van der Waals surface area contributed by atoms with Crippen LogP contribution in [0, 0.1) is 0 Å². The minimum absolute atomic E-state index is 0.0764. The van der Waals surface area contributed by atoms with Crippen molar-refractivity contribution in [1.82, 2.24) is 0 Å². The van der Waals surface area contributed by atoms with Crippen molar-refractivity contribution in [1.29, 1.82) is 0 Å². The molecule has 0 aliphatic heterocycles. The van der Waals surface area contributed by atoms with Gasteiger partial charge in [0.05, 0.1) is 0 Å². The van der Waals surface area contributed by atoms with E-state index in [1.165, 1.54) is 148 Å². The molecule has 0 saturated heterocycles. The molecule has 0 saturated carbocycles. The largest absolute Gasteiger partial charge is 0.462 e. The average Bonchev–Trinajstić information content (AvgIpc) is 3.24. The maximum Gasteiger partial charge on any atom is 0.306 e. The highest BCUT2D eigenvalue weighted by molar-refractivity contribution is 5.71. The summed E-state index contributed by atoms with van der Waals surface area (Å²) in [7, 11) is 0. The van der Waals surface area contributed by atoms with Crippen LogP contribution < -0.4 is 0 Å². The predicted molar refractivity (Wildman–Crippen MR) is 256 cm³/mol. The Morgan fingerprint density at radius 2 is 0.650 bits per heavy atom. The van der Waals surface area contributed by atoms with Gasteiger partial charge in [0.2, 0.25) is 0 Å². The van der Waals surface area contributed by atoms with E-state index in [-0.39, 0.29) is 31.1 Å². The van der Waals surface area contributed by atoms with E-state index in [0.29, 0.717) is 19.3 Å². The second-order valence-corrected chi connectivity index (χ2v) is 17.5. The second-order valence-electron chi connectivity index (χ2n) is 17.5. The average molecular weight is 843 g/mol. The van der Waals surface area contributed by atoms with E-state index < -0.39 is 6.10 Å². The molecule has 0 spiro atoms. The summed E-state index contributed by atoms with van der Waals surface area (Å²) < 4.78 is 16.8. The van der Waals surface area contributed by atoms with Crippen LogP contribution >= 0.6 is 0 Å². The summed E-state index contributed by atoms with van der Waals surface area (Å²) in [4.78, 5) is 37.9. The summed E-state index contributed by atoms with van der Waals surface area (Å²) in [5, 5.41) is 0. The topological polar surface area (TPSA) is 78.9 Å². The molecular weight excluding hydrogens is 745 g/mol. The van der Waals surface area contributed by atoms with Gasteiger partial charge in [0.15, 0.2) is 6.10 Å².